The molecule has 0 aliphatic carbocycles. The number of aromatic nitrogens is 2. The van der Waals surface area contributed by atoms with Gasteiger partial charge in [0.2, 0.25) is 0 Å². The Balaban J connectivity index is 1.73. The van der Waals surface area contributed by atoms with E-state index in [2.05, 4.69) is 35.5 Å². The maximum absolute atomic E-state index is 5.82. The van der Waals surface area contributed by atoms with Crippen molar-refractivity contribution >= 4 is 0 Å². The standard InChI is InChI=1S/C17H25N3O/c1-14-5-4-6-17(13-14)21-12-10-15(18-2)7-8-16-9-11-19-20(16)3/h4-6,9,11,13,15,18H,7-8,10,12H2,1-3H3. The summed E-state index contributed by atoms with van der Waals surface area (Å²) in [6.07, 6.45) is 4.98. The fraction of sp³-hybridized carbons (Fsp3) is 0.471. The second kappa shape index (κ2) is 7.84. The van der Waals surface area contributed by atoms with Crippen LogP contribution in [0.1, 0.15) is 24.1 Å². The molecule has 2 rings (SSSR count). The summed E-state index contributed by atoms with van der Waals surface area (Å²) in [5, 5.41) is 7.57. The third-order valence-electron chi connectivity index (χ3n) is 3.80. The molecule has 1 atom stereocenters. The van der Waals surface area contributed by atoms with Crippen LogP contribution in [0.4, 0.5) is 0 Å². The summed E-state index contributed by atoms with van der Waals surface area (Å²) in [6.45, 7) is 2.82. The number of ether oxygens (including phenoxy) is 1. The molecule has 1 unspecified atom stereocenters. The molecule has 1 aromatic heterocycles. The molecule has 114 valence electrons. The SMILES string of the molecule is CNC(CCOc1cccc(C)c1)CCc1ccnn1C. The monoisotopic (exact) mass is 287 g/mol. The summed E-state index contributed by atoms with van der Waals surface area (Å²) in [6, 6.07) is 10.7. The van der Waals surface area contributed by atoms with Gasteiger partial charge in [-0.05, 0) is 57.0 Å². The Kier molecular flexibility index (Phi) is 5.81. The largest absolute Gasteiger partial charge is 0.494 e. The molecule has 1 aromatic carbocycles. The van der Waals surface area contributed by atoms with Gasteiger partial charge in [-0.2, -0.15) is 5.10 Å². The van der Waals surface area contributed by atoms with Crippen molar-refractivity contribution in [3.05, 3.63) is 47.8 Å². The highest BCUT2D eigenvalue weighted by Crippen LogP contribution is 2.13. The van der Waals surface area contributed by atoms with Crippen LogP contribution in [0.5, 0.6) is 5.75 Å². The second-order valence-electron chi connectivity index (χ2n) is 5.42. The maximum atomic E-state index is 5.82. The zero-order valence-corrected chi connectivity index (χ0v) is 13.2. The van der Waals surface area contributed by atoms with Gasteiger partial charge in [-0.1, -0.05) is 12.1 Å². The molecule has 0 radical (unpaired) electrons. The summed E-state index contributed by atoms with van der Waals surface area (Å²) >= 11 is 0. The number of hydrogen-bond acceptors (Lipinski definition) is 3. The number of nitrogens with one attached hydrogen (secondary N) is 1. The zero-order valence-electron chi connectivity index (χ0n) is 13.2. The van der Waals surface area contributed by atoms with Gasteiger partial charge in [-0.3, -0.25) is 4.68 Å². The van der Waals surface area contributed by atoms with Crippen molar-refractivity contribution in [2.24, 2.45) is 7.05 Å². The lowest BCUT2D eigenvalue weighted by molar-refractivity contribution is 0.284. The van der Waals surface area contributed by atoms with Crippen LogP contribution in [0.25, 0.3) is 0 Å². The van der Waals surface area contributed by atoms with Gasteiger partial charge >= 0.3 is 0 Å². The minimum absolute atomic E-state index is 0.463. The normalized spacial score (nSPS) is 12.3. The summed E-state index contributed by atoms with van der Waals surface area (Å²) < 4.78 is 7.76. The van der Waals surface area contributed by atoms with Crippen LogP contribution in [0.3, 0.4) is 0 Å². The van der Waals surface area contributed by atoms with Gasteiger partial charge in [0.05, 0.1) is 6.61 Å². The van der Waals surface area contributed by atoms with Crippen molar-refractivity contribution in [1.29, 1.82) is 0 Å². The summed E-state index contributed by atoms with van der Waals surface area (Å²) in [5.74, 6) is 0.955. The molecule has 0 saturated carbocycles. The first-order valence-corrected chi connectivity index (χ1v) is 7.52. The number of rotatable bonds is 8. The zero-order chi connectivity index (χ0) is 15.1. The molecule has 1 heterocycles. The fourth-order valence-corrected chi connectivity index (χ4v) is 2.43. The first-order chi connectivity index (χ1) is 10.2. The van der Waals surface area contributed by atoms with Gasteiger partial charge in [-0.25, -0.2) is 0 Å². The molecular formula is C17H25N3O. The van der Waals surface area contributed by atoms with E-state index in [0.717, 1.165) is 31.6 Å². The van der Waals surface area contributed by atoms with Crippen molar-refractivity contribution in [3.8, 4) is 5.75 Å². The lowest BCUT2D eigenvalue weighted by atomic mass is 10.1. The first kappa shape index (κ1) is 15.6. The number of nitrogens with zero attached hydrogens (tertiary/aromatic N) is 2. The molecule has 0 aliphatic rings. The van der Waals surface area contributed by atoms with Crippen molar-refractivity contribution in [2.75, 3.05) is 13.7 Å². The Morgan fingerprint density at radius 2 is 2.14 bits per heavy atom. The molecule has 0 bridgehead atoms. The molecule has 0 saturated heterocycles. The quantitative estimate of drug-likeness (QED) is 0.811. The van der Waals surface area contributed by atoms with Gasteiger partial charge in [0, 0.05) is 25.0 Å². The molecule has 0 fully saturated rings. The Bertz CT molecular complexity index is 550. The average molecular weight is 287 g/mol. The van der Waals surface area contributed by atoms with Gasteiger partial charge in [-0.15, -0.1) is 0 Å². The lowest BCUT2D eigenvalue weighted by Crippen LogP contribution is -2.28. The van der Waals surface area contributed by atoms with Crippen LogP contribution < -0.4 is 10.1 Å². The van der Waals surface area contributed by atoms with Gasteiger partial charge < -0.3 is 10.1 Å². The molecule has 2 aromatic rings. The van der Waals surface area contributed by atoms with E-state index < -0.39 is 0 Å². The Morgan fingerprint density at radius 1 is 1.29 bits per heavy atom. The van der Waals surface area contributed by atoms with E-state index in [9.17, 15) is 0 Å². The summed E-state index contributed by atoms with van der Waals surface area (Å²) in [7, 11) is 4.01. The molecule has 1 N–H and O–H groups in total. The number of benzene rings is 1. The van der Waals surface area contributed by atoms with Gasteiger partial charge in [0.25, 0.3) is 0 Å². The highest BCUT2D eigenvalue weighted by Gasteiger charge is 2.08. The average Bonchev–Trinajstić information content (AvgIpc) is 2.88. The van der Waals surface area contributed by atoms with E-state index in [-0.39, 0.29) is 0 Å². The third-order valence-corrected chi connectivity index (χ3v) is 3.80. The van der Waals surface area contributed by atoms with E-state index >= 15 is 0 Å². The Morgan fingerprint density at radius 3 is 2.81 bits per heavy atom. The Hall–Kier alpha value is -1.81. The van der Waals surface area contributed by atoms with Crippen molar-refractivity contribution in [2.45, 2.75) is 32.2 Å². The minimum Gasteiger partial charge on any atom is -0.494 e. The highest BCUT2D eigenvalue weighted by atomic mass is 16.5. The highest BCUT2D eigenvalue weighted by molar-refractivity contribution is 5.27. The van der Waals surface area contributed by atoms with E-state index in [1.807, 2.05) is 37.1 Å². The topological polar surface area (TPSA) is 39.1 Å². The second-order valence-corrected chi connectivity index (χ2v) is 5.42. The summed E-state index contributed by atoms with van der Waals surface area (Å²) in [4.78, 5) is 0. The van der Waals surface area contributed by atoms with E-state index in [1.165, 1.54) is 11.3 Å². The Labute approximate surface area is 127 Å². The first-order valence-electron chi connectivity index (χ1n) is 7.52. The molecule has 0 aliphatic heterocycles. The lowest BCUT2D eigenvalue weighted by Gasteiger charge is -2.16. The van der Waals surface area contributed by atoms with Crippen molar-refractivity contribution in [3.63, 3.8) is 0 Å². The predicted molar refractivity (Wildman–Crippen MR) is 85.7 cm³/mol. The molecule has 21 heavy (non-hydrogen) atoms. The van der Waals surface area contributed by atoms with E-state index in [1.54, 1.807) is 0 Å². The molecular weight excluding hydrogens is 262 g/mol. The molecule has 4 heteroatoms. The van der Waals surface area contributed by atoms with Crippen LogP contribution in [0.2, 0.25) is 0 Å². The van der Waals surface area contributed by atoms with Gasteiger partial charge in [0.1, 0.15) is 5.75 Å². The van der Waals surface area contributed by atoms with Crippen LogP contribution in [0, 0.1) is 6.92 Å². The minimum atomic E-state index is 0.463. The van der Waals surface area contributed by atoms with Crippen LogP contribution in [-0.2, 0) is 13.5 Å². The predicted octanol–water partition coefficient (Wildman–Crippen LogP) is 2.72. The van der Waals surface area contributed by atoms with Crippen LogP contribution >= 0.6 is 0 Å². The van der Waals surface area contributed by atoms with Crippen LogP contribution in [-0.4, -0.2) is 29.5 Å². The fourth-order valence-electron chi connectivity index (χ4n) is 2.43. The van der Waals surface area contributed by atoms with Crippen LogP contribution in [0.15, 0.2) is 36.5 Å². The molecule has 0 spiro atoms. The molecule has 0 amide bonds. The maximum Gasteiger partial charge on any atom is 0.119 e. The number of aryl methyl sites for hydroxylation is 3. The van der Waals surface area contributed by atoms with Crippen molar-refractivity contribution < 1.29 is 4.74 Å². The van der Waals surface area contributed by atoms with Crippen molar-refractivity contribution in [1.82, 2.24) is 15.1 Å². The smallest absolute Gasteiger partial charge is 0.119 e. The third kappa shape index (κ3) is 4.90. The van der Waals surface area contributed by atoms with Gasteiger partial charge in [0.15, 0.2) is 0 Å². The molecule has 4 nitrogen and oxygen atoms in total. The number of hydrogen-bond donors (Lipinski definition) is 1. The van der Waals surface area contributed by atoms with E-state index in [4.69, 9.17) is 4.74 Å². The summed E-state index contributed by atoms with van der Waals surface area (Å²) in [5.41, 5.74) is 2.50. The van der Waals surface area contributed by atoms with E-state index in [0.29, 0.717) is 6.04 Å².